The molecule has 1 aliphatic heterocycles. The summed E-state index contributed by atoms with van der Waals surface area (Å²) in [4.78, 5) is 0. The Morgan fingerprint density at radius 2 is 1.56 bits per heavy atom. The molecule has 0 amide bonds. The summed E-state index contributed by atoms with van der Waals surface area (Å²) in [5.74, 6) is 0.699. The second kappa shape index (κ2) is 7.72. The van der Waals surface area contributed by atoms with Crippen molar-refractivity contribution < 1.29 is 10.4 Å². The van der Waals surface area contributed by atoms with Gasteiger partial charge in [0.05, 0.1) is 5.60 Å². The molecule has 4 atom stereocenters. The van der Waals surface area contributed by atoms with Crippen LogP contribution in [0.5, 0.6) is 0 Å². The summed E-state index contributed by atoms with van der Waals surface area (Å²) in [6.45, 7) is 6.71. The summed E-state index contributed by atoms with van der Waals surface area (Å²) in [5.41, 5.74) is 2.04. The SMILES string of the molecule is CCC[C@]1(O)C[C@@H](c2ccccc2)[NH2+][C@H](c2ccccc2)[C@@H]1C(C)C. The molecule has 2 heteroatoms. The van der Waals surface area contributed by atoms with Crippen molar-refractivity contribution in [2.75, 3.05) is 0 Å². The molecule has 1 fully saturated rings. The van der Waals surface area contributed by atoms with Crippen LogP contribution in [0.2, 0.25) is 0 Å². The number of piperidine rings is 1. The number of rotatable bonds is 5. The van der Waals surface area contributed by atoms with Gasteiger partial charge in [-0.3, -0.25) is 0 Å². The minimum Gasteiger partial charge on any atom is -0.389 e. The van der Waals surface area contributed by atoms with Gasteiger partial charge in [-0.05, 0) is 12.3 Å². The van der Waals surface area contributed by atoms with E-state index in [1.165, 1.54) is 11.1 Å². The highest BCUT2D eigenvalue weighted by atomic mass is 16.3. The summed E-state index contributed by atoms with van der Waals surface area (Å²) in [6, 6.07) is 22.0. The highest BCUT2D eigenvalue weighted by Gasteiger charge is 2.51. The lowest BCUT2D eigenvalue weighted by Crippen LogP contribution is -2.92. The molecule has 0 spiro atoms. The van der Waals surface area contributed by atoms with E-state index in [1.54, 1.807) is 0 Å². The molecule has 0 aromatic heterocycles. The van der Waals surface area contributed by atoms with E-state index in [2.05, 4.69) is 86.8 Å². The molecule has 2 aromatic carbocycles. The van der Waals surface area contributed by atoms with Gasteiger partial charge in [0.1, 0.15) is 12.1 Å². The second-order valence-corrected chi connectivity index (χ2v) is 7.97. The second-order valence-electron chi connectivity index (χ2n) is 7.97. The molecule has 3 rings (SSSR count). The van der Waals surface area contributed by atoms with Crippen LogP contribution in [0.4, 0.5) is 0 Å². The molecule has 1 saturated heterocycles. The van der Waals surface area contributed by atoms with Gasteiger partial charge in [-0.25, -0.2) is 0 Å². The van der Waals surface area contributed by atoms with Crippen molar-refractivity contribution in [3.05, 3.63) is 71.8 Å². The number of benzene rings is 2. The fourth-order valence-electron chi connectivity index (χ4n) is 4.95. The summed E-state index contributed by atoms with van der Waals surface area (Å²) in [7, 11) is 0. The zero-order valence-corrected chi connectivity index (χ0v) is 15.7. The lowest BCUT2D eigenvalue weighted by atomic mass is 9.65. The van der Waals surface area contributed by atoms with Crippen LogP contribution in [0, 0.1) is 11.8 Å². The van der Waals surface area contributed by atoms with Crippen molar-refractivity contribution in [2.24, 2.45) is 11.8 Å². The van der Waals surface area contributed by atoms with E-state index in [1.807, 2.05) is 0 Å². The van der Waals surface area contributed by atoms with Crippen LogP contribution in [-0.2, 0) is 0 Å². The minimum atomic E-state index is -0.612. The Morgan fingerprint density at radius 1 is 1.00 bits per heavy atom. The predicted molar refractivity (Wildman–Crippen MR) is 103 cm³/mol. The standard InChI is InChI=1S/C23H31NO/c1-4-15-23(25)16-20(18-11-7-5-8-12-18)24-22(21(23)17(2)3)19-13-9-6-10-14-19/h5-14,17,20-22,24-25H,4,15-16H2,1-3H3/p+1/t20-,21-,22+,23-/m0/s1. The van der Waals surface area contributed by atoms with E-state index in [0.717, 1.165) is 19.3 Å². The smallest absolute Gasteiger partial charge is 0.118 e. The van der Waals surface area contributed by atoms with Gasteiger partial charge in [-0.1, -0.05) is 87.9 Å². The molecule has 1 aliphatic rings. The molecular weight excluding hydrogens is 306 g/mol. The summed E-state index contributed by atoms with van der Waals surface area (Å²) in [6.07, 6.45) is 2.72. The summed E-state index contributed by atoms with van der Waals surface area (Å²) < 4.78 is 0. The molecule has 3 N–H and O–H groups in total. The van der Waals surface area contributed by atoms with Crippen LogP contribution in [0.3, 0.4) is 0 Å². The molecule has 1 heterocycles. The number of aliphatic hydroxyl groups is 1. The van der Waals surface area contributed by atoms with Crippen molar-refractivity contribution in [1.29, 1.82) is 0 Å². The Labute approximate surface area is 152 Å². The van der Waals surface area contributed by atoms with Crippen LogP contribution in [0.25, 0.3) is 0 Å². The first-order valence-electron chi connectivity index (χ1n) is 9.72. The van der Waals surface area contributed by atoms with Gasteiger partial charge in [0.15, 0.2) is 0 Å². The number of nitrogens with two attached hydrogens (primary N) is 1. The van der Waals surface area contributed by atoms with E-state index in [0.29, 0.717) is 12.0 Å². The van der Waals surface area contributed by atoms with E-state index in [9.17, 15) is 5.11 Å². The highest BCUT2D eigenvalue weighted by Crippen LogP contribution is 2.44. The molecule has 2 nitrogen and oxygen atoms in total. The lowest BCUT2D eigenvalue weighted by molar-refractivity contribution is -0.758. The topological polar surface area (TPSA) is 36.8 Å². The van der Waals surface area contributed by atoms with Gasteiger partial charge in [0.2, 0.25) is 0 Å². The van der Waals surface area contributed by atoms with Crippen LogP contribution in [-0.4, -0.2) is 10.7 Å². The molecule has 0 saturated carbocycles. The third-order valence-electron chi connectivity index (χ3n) is 5.83. The first kappa shape index (κ1) is 18.2. The molecule has 0 aliphatic carbocycles. The average molecular weight is 339 g/mol. The Balaban J connectivity index is 2.02. The molecule has 0 bridgehead atoms. The number of hydrogen-bond donors (Lipinski definition) is 2. The first-order chi connectivity index (χ1) is 12.0. The molecule has 0 unspecified atom stereocenters. The van der Waals surface area contributed by atoms with Gasteiger partial charge < -0.3 is 10.4 Å². The van der Waals surface area contributed by atoms with Crippen molar-refractivity contribution in [2.45, 2.75) is 57.7 Å². The molecule has 2 aromatic rings. The Hall–Kier alpha value is -1.64. The zero-order chi connectivity index (χ0) is 17.9. The average Bonchev–Trinajstić information content (AvgIpc) is 2.62. The van der Waals surface area contributed by atoms with Gasteiger partial charge in [-0.15, -0.1) is 0 Å². The van der Waals surface area contributed by atoms with Crippen LogP contribution in [0.1, 0.15) is 63.2 Å². The van der Waals surface area contributed by atoms with Gasteiger partial charge in [0, 0.05) is 23.5 Å². The third kappa shape index (κ3) is 3.80. The summed E-state index contributed by atoms with van der Waals surface area (Å²) >= 11 is 0. The van der Waals surface area contributed by atoms with E-state index in [4.69, 9.17) is 0 Å². The molecule has 134 valence electrons. The van der Waals surface area contributed by atoms with Gasteiger partial charge in [0.25, 0.3) is 0 Å². The molecule has 25 heavy (non-hydrogen) atoms. The quantitative estimate of drug-likeness (QED) is 0.840. The van der Waals surface area contributed by atoms with E-state index >= 15 is 0 Å². The van der Waals surface area contributed by atoms with Crippen LogP contribution < -0.4 is 5.32 Å². The number of quaternary nitrogens is 1. The maximum absolute atomic E-state index is 11.7. The van der Waals surface area contributed by atoms with E-state index in [-0.39, 0.29) is 12.0 Å². The third-order valence-corrected chi connectivity index (χ3v) is 5.83. The van der Waals surface area contributed by atoms with Crippen molar-refractivity contribution in [1.82, 2.24) is 0 Å². The van der Waals surface area contributed by atoms with Gasteiger partial charge in [-0.2, -0.15) is 0 Å². The predicted octanol–water partition coefficient (Wildman–Crippen LogP) is 4.24. The Kier molecular flexibility index (Phi) is 5.61. The van der Waals surface area contributed by atoms with Crippen LogP contribution in [0.15, 0.2) is 60.7 Å². The largest absolute Gasteiger partial charge is 0.389 e. The van der Waals surface area contributed by atoms with Gasteiger partial charge >= 0.3 is 0 Å². The zero-order valence-electron chi connectivity index (χ0n) is 15.7. The van der Waals surface area contributed by atoms with Crippen molar-refractivity contribution >= 4 is 0 Å². The fraction of sp³-hybridized carbons (Fsp3) is 0.478. The fourth-order valence-corrected chi connectivity index (χ4v) is 4.95. The molecule has 0 radical (unpaired) electrons. The minimum absolute atomic E-state index is 0.259. The molecular formula is C23H32NO+. The maximum atomic E-state index is 11.7. The van der Waals surface area contributed by atoms with Crippen molar-refractivity contribution in [3.8, 4) is 0 Å². The normalized spacial score (nSPS) is 29.7. The van der Waals surface area contributed by atoms with E-state index < -0.39 is 5.60 Å². The summed E-state index contributed by atoms with van der Waals surface area (Å²) in [5, 5.41) is 14.2. The van der Waals surface area contributed by atoms with Crippen LogP contribution >= 0.6 is 0 Å². The Morgan fingerprint density at radius 3 is 2.08 bits per heavy atom. The monoisotopic (exact) mass is 338 g/mol. The Bertz CT molecular complexity index is 654. The maximum Gasteiger partial charge on any atom is 0.118 e. The van der Waals surface area contributed by atoms with Crippen molar-refractivity contribution in [3.63, 3.8) is 0 Å². The highest BCUT2D eigenvalue weighted by molar-refractivity contribution is 5.23. The number of hydrogen-bond acceptors (Lipinski definition) is 1. The first-order valence-corrected chi connectivity index (χ1v) is 9.72. The lowest BCUT2D eigenvalue weighted by Gasteiger charge is -2.48.